The van der Waals surface area contributed by atoms with Crippen molar-refractivity contribution in [3.05, 3.63) is 36.4 Å². The Labute approximate surface area is 48.8 Å². The van der Waals surface area contributed by atoms with Gasteiger partial charge in [0.25, 0.3) is 0 Å². The van der Waals surface area contributed by atoms with Gasteiger partial charge in [0.2, 0.25) is 0 Å². The van der Waals surface area contributed by atoms with Crippen LogP contribution in [-0.2, 0) is 0 Å². The summed E-state index contributed by atoms with van der Waals surface area (Å²) in [7, 11) is 0. The Balaban J connectivity index is 3.27. The maximum absolute atomic E-state index is 5.17. The van der Waals surface area contributed by atoms with E-state index >= 15 is 0 Å². The maximum atomic E-state index is 5.17. The van der Waals surface area contributed by atoms with E-state index in [-0.39, 0.29) is 0 Å². The molecule has 0 saturated heterocycles. The number of hydrogen-bond donors (Lipinski definition) is 0. The lowest BCUT2D eigenvalue weighted by Gasteiger charge is -1.64. The van der Waals surface area contributed by atoms with Gasteiger partial charge in [0, 0.05) is 5.54 Å². The molecule has 0 radical (unpaired) electrons. The van der Waals surface area contributed by atoms with Gasteiger partial charge in [-0.1, -0.05) is 42.5 Å². The second-order valence-corrected chi connectivity index (χ2v) is 1.19. The van der Waals surface area contributed by atoms with Crippen molar-refractivity contribution in [2.45, 2.75) is 0 Å². The van der Waals surface area contributed by atoms with Gasteiger partial charge in [0.1, 0.15) is 0 Å². The van der Waals surface area contributed by atoms with E-state index in [4.69, 9.17) is 11.6 Å². The molecule has 0 rings (SSSR count). The van der Waals surface area contributed by atoms with E-state index in [1.54, 1.807) is 24.3 Å². The fourth-order valence-electron chi connectivity index (χ4n) is 0.185. The molecule has 0 saturated carbocycles. The van der Waals surface area contributed by atoms with E-state index in [2.05, 4.69) is 6.58 Å². The summed E-state index contributed by atoms with van der Waals surface area (Å²) < 4.78 is 0. The Bertz CT molecular complexity index is 90.4. The zero-order valence-electron chi connectivity index (χ0n) is 3.97. The minimum Gasteiger partial charge on any atom is -0.0991 e. The first-order chi connectivity index (χ1) is 3.41. The highest BCUT2D eigenvalue weighted by Gasteiger charge is 1.53. The summed E-state index contributed by atoms with van der Waals surface area (Å²) in [6, 6.07) is 0. The number of allylic oxidation sites excluding steroid dienone is 4. The first kappa shape index (κ1) is 6.51. The molecule has 38 valence electrons. The van der Waals surface area contributed by atoms with Gasteiger partial charge < -0.3 is 0 Å². The van der Waals surface area contributed by atoms with Crippen LogP contribution in [0, 0.1) is 0 Å². The SMILES string of the molecule is C=C/C=C\C=C/Cl. The van der Waals surface area contributed by atoms with Crippen molar-refractivity contribution in [2.75, 3.05) is 0 Å². The highest BCUT2D eigenvalue weighted by atomic mass is 35.5. The Morgan fingerprint density at radius 1 is 1.14 bits per heavy atom. The quantitative estimate of drug-likeness (QED) is 0.484. The molecule has 0 aliphatic carbocycles. The van der Waals surface area contributed by atoms with E-state index in [0.29, 0.717) is 0 Å². The molecule has 0 aromatic heterocycles. The average molecular weight is 115 g/mol. The predicted molar refractivity (Wildman–Crippen MR) is 34.3 cm³/mol. The molecule has 0 fully saturated rings. The van der Waals surface area contributed by atoms with Gasteiger partial charge in [-0.3, -0.25) is 0 Å². The molecule has 0 N–H and O–H groups in total. The molecule has 0 atom stereocenters. The van der Waals surface area contributed by atoms with Gasteiger partial charge in [-0.15, -0.1) is 0 Å². The number of rotatable bonds is 2. The van der Waals surface area contributed by atoms with Crippen LogP contribution in [0.5, 0.6) is 0 Å². The third-order valence-corrected chi connectivity index (χ3v) is 0.577. The molecule has 0 aliphatic heterocycles. The van der Waals surface area contributed by atoms with Crippen LogP contribution in [0.25, 0.3) is 0 Å². The van der Waals surface area contributed by atoms with Crippen molar-refractivity contribution in [1.29, 1.82) is 0 Å². The molecule has 0 aromatic rings. The summed E-state index contributed by atoms with van der Waals surface area (Å²) >= 11 is 5.17. The van der Waals surface area contributed by atoms with Crippen molar-refractivity contribution >= 4 is 11.6 Å². The van der Waals surface area contributed by atoms with Crippen LogP contribution in [0.3, 0.4) is 0 Å². The molecule has 1 heteroatoms. The average Bonchev–Trinajstić information content (AvgIpc) is 1.69. The van der Waals surface area contributed by atoms with Crippen LogP contribution in [-0.4, -0.2) is 0 Å². The lowest BCUT2D eigenvalue weighted by atomic mass is 10.5. The summed E-state index contributed by atoms with van der Waals surface area (Å²) in [5.74, 6) is 0. The van der Waals surface area contributed by atoms with Gasteiger partial charge >= 0.3 is 0 Å². The summed E-state index contributed by atoms with van der Waals surface area (Å²) in [6.45, 7) is 3.47. The summed E-state index contributed by atoms with van der Waals surface area (Å²) in [6.07, 6.45) is 7.03. The highest BCUT2D eigenvalue weighted by molar-refractivity contribution is 6.25. The maximum Gasteiger partial charge on any atom is 0.00424 e. The largest absolute Gasteiger partial charge is 0.0991 e. The Morgan fingerprint density at radius 3 is 2.29 bits per heavy atom. The van der Waals surface area contributed by atoms with Crippen molar-refractivity contribution < 1.29 is 0 Å². The van der Waals surface area contributed by atoms with Crippen LogP contribution >= 0.6 is 11.6 Å². The topological polar surface area (TPSA) is 0 Å². The van der Waals surface area contributed by atoms with Crippen molar-refractivity contribution in [3.8, 4) is 0 Å². The molecule has 0 nitrogen and oxygen atoms in total. The molecule has 0 aliphatic rings. The third kappa shape index (κ3) is 5.51. The van der Waals surface area contributed by atoms with Crippen molar-refractivity contribution in [3.63, 3.8) is 0 Å². The first-order valence-electron chi connectivity index (χ1n) is 1.96. The number of halogens is 1. The van der Waals surface area contributed by atoms with Gasteiger partial charge in [-0.2, -0.15) is 0 Å². The summed E-state index contributed by atoms with van der Waals surface area (Å²) in [5.41, 5.74) is 1.44. The molecular weight excluding hydrogens is 108 g/mol. The first-order valence-corrected chi connectivity index (χ1v) is 2.40. The third-order valence-electron chi connectivity index (χ3n) is 0.431. The van der Waals surface area contributed by atoms with Gasteiger partial charge in [-0.05, 0) is 0 Å². The lowest BCUT2D eigenvalue weighted by molar-refractivity contribution is 1.97. The van der Waals surface area contributed by atoms with Crippen LogP contribution in [0.1, 0.15) is 0 Å². The predicted octanol–water partition coefficient (Wildman–Crippen LogP) is 2.48. The Morgan fingerprint density at radius 2 is 1.86 bits per heavy atom. The molecule has 0 spiro atoms. The molecule has 7 heavy (non-hydrogen) atoms. The second kappa shape index (κ2) is 5.51. The van der Waals surface area contributed by atoms with E-state index in [9.17, 15) is 0 Å². The molecular formula is C6H7Cl. The molecule has 0 amide bonds. The van der Waals surface area contributed by atoms with E-state index in [0.717, 1.165) is 0 Å². The van der Waals surface area contributed by atoms with E-state index < -0.39 is 0 Å². The fraction of sp³-hybridized carbons (Fsp3) is 0. The smallest absolute Gasteiger partial charge is 0.00424 e. The second-order valence-electron chi connectivity index (χ2n) is 0.939. The van der Waals surface area contributed by atoms with Crippen LogP contribution < -0.4 is 0 Å². The molecule has 0 bridgehead atoms. The lowest BCUT2D eigenvalue weighted by Crippen LogP contribution is -1.41. The van der Waals surface area contributed by atoms with E-state index in [1.807, 2.05) is 0 Å². The zero-order chi connectivity index (χ0) is 5.54. The minimum absolute atomic E-state index is 1.44. The summed E-state index contributed by atoms with van der Waals surface area (Å²) in [5, 5.41) is 0. The van der Waals surface area contributed by atoms with Crippen LogP contribution in [0.4, 0.5) is 0 Å². The molecule has 0 aromatic carbocycles. The molecule has 0 heterocycles. The van der Waals surface area contributed by atoms with Gasteiger partial charge in [-0.25, -0.2) is 0 Å². The van der Waals surface area contributed by atoms with Gasteiger partial charge in [0.05, 0.1) is 0 Å². The summed E-state index contributed by atoms with van der Waals surface area (Å²) in [4.78, 5) is 0. The minimum atomic E-state index is 1.44. The van der Waals surface area contributed by atoms with Crippen molar-refractivity contribution in [1.82, 2.24) is 0 Å². The normalized spacial score (nSPS) is 11.0. The monoisotopic (exact) mass is 114 g/mol. The van der Waals surface area contributed by atoms with Crippen molar-refractivity contribution in [2.24, 2.45) is 0 Å². The Kier molecular flexibility index (Phi) is 5.12. The van der Waals surface area contributed by atoms with E-state index in [1.165, 1.54) is 5.54 Å². The van der Waals surface area contributed by atoms with Crippen LogP contribution in [0.2, 0.25) is 0 Å². The standard InChI is InChI=1S/C6H7Cl/c1-2-3-4-5-6-7/h2-6H,1H2/b4-3-,6-5-. The molecule has 0 unspecified atom stereocenters. The number of hydrogen-bond acceptors (Lipinski definition) is 0. The van der Waals surface area contributed by atoms with Gasteiger partial charge in [0.15, 0.2) is 0 Å². The Hall–Kier alpha value is -0.490. The zero-order valence-corrected chi connectivity index (χ0v) is 4.73. The highest BCUT2D eigenvalue weighted by Crippen LogP contribution is 1.79. The van der Waals surface area contributed by atoms with Crippen LogP contribution in [0.15, 0.2) is 36.4 Å². The fourth-order valence-corrected chi connectivity index (χ4v) is 0.269.